The fraction of sp³-hybridized carbons (Fsp3) is 0.0566. The number of fused-ring (bicyclic) bond motifs is 10. The normalized spacial score (nSPS) is 14.1. The van der Waals surface area contributed by atoms with Crippen molar-refractivity contribution in [1.82, 2.24) is 14.5 Å². The number of aromatic nitrogens is 3. The fourth-order valence-corrected chi connectivity index (χ4v) is 11.6. The van der Waals surface area contributed by atoms with Gasteiger partial charge in [-0.2, -0.15) is 0 Å². The Morgan fingerprint density at radius 3 is 1.95 bits per heavy atom. The third-order valence-corrected chi connectivity index (χ3v) is 14.6. The summed E-state index contributed by atoms with van der Waals surface area (Å²) in [5.74, 6) is 0.669. The molecule has 2 aliphatic rings. The number of allylic oxidation sites excluding steroid dienone is 1. The SMILES string of the molecule is CC1(C)C(c2ccccc2)=Cc2ccc3nc(-n4c5ccc(-c6ccc7c(c6)Sc6ccccc6S7)cc5c5c6ccccc6ccc54)nc(-c4ccccc4)c3c21. The molecule has 0 unspecified atom stereocenters. The quantitative estimate of drug-likeness (QED) is 0.178. The van der Waals surface area contributed by atoms with Crippen molar-refractivity contribution in [3.05, 3.63) is 187 Å². The summed E-state index contributed by atoms with van der Waals surface area (Å²) in [6.45, 7) is 4.68. The smallest absolute Gasteiger partial charge is 0.235 e. The number of hydrogen-bond acceptors (Lipinski definition) is 4. The van der Waals surface area contributed by atoms with E-state index in [-0.39, 0.29) is 5.41 Å². The van der Waals surface area contributed by atoms with Crippen LogP contribution in [0.2, 0.25) is 0 Å². The van der Waals surface area contributed by atoms with Gasteiger partial charge in [0.15, 0.2) is 0 Å². The van der Waals surface area contributed by atoms with Crippen molar-refractivity contribution in [2.24, 2.45) is 0 Å². The summed E-state index contributed by atoms with van der Waals surface area (Å²) in [6, 6.07) is 61.6. The highest BCUT2D eigenvalue weighted by molar-refractivity contribution is 8.05. The Labute approximate surface area is 345 Å². The molecule has 0 spiro atoms. The second-order valence-electron chi connectivity index (χ2n) is 15.8. The first kappa shape index (κ1) is 33.7. The Morgan fingerprint density at radius 1 is 0.483 bits per heavy atom. The molecule has 1 aliphatic heterocycles. The van der Waals surface area contributed by atoms with Gasteiger partial charge in [-0.15, -0.1) is 0 Å². The van der Waals surface area contributed by atoms with Crippen LogP contribution in [-0.2, 0) is 5.41 Å². The summed E-state index contributed by atoms with van der Waals surface area (Å²) in [6.07, 6.45) is 2.36. The zero-order valence-corrected chi connectivity index (χ0v) is 33.5. The summed E-state index contributed by atoms with van der Waals surface area (Å²) < 4.78 is 2.29. The largest absolute Gasteiger partial charge is 0.278 e. The second-order valence-corrected chi connectivity index (χ2v) is 17.9. The average molecular weight is 778 g/mol. The minimum Gasteiger partial charge on any atom is -0.278 e. The Bertz CT molecular complexity index is 3360. The lowest BCUT2D eigenvalue weighted by molar-refractivity contribution is 0.710. The summed E-state index contributed by atoms with van der Waals surface area (Å²) >= 11 is 3.72. The maximum atomic E-state index is 5.61. The van der Waals surface area contributed by atoms with Gasteiger partial charge in [-0.3, -0.25) is 4.57 Å². The van der Waals surface area contributed by atoms with Crippen LogP contribution < -0.4 is 0 Å². The van der Waals surface area contributed by atoms with Crippen molar-refractivity contribution in [2.45, 2.75) is 38.8 Å². The van der Waals surface area contributed by atoms with Gasteiger partial charge in [-0.25, -0.2) is 9.97 Å². The van der Waals surface area contributed by atoms with Gasteiger partial charge in [0.05, 0.1) is 22.2 Å². The molecule has 8 aromatic carbocycles. The zero-order valence-electron chi connectivity index (χ0n) is 31.9. The fourth-order valence-electron chi connectivity index (χ4n) is 9.35. The first-order valence-electron chi connectivity index (χ1n) is 19.7. The maximum absolute atomic E-state index is 5.61. The van der Waals surface area contributed by atoms with Crippen molar-refractivity contribution in [1.29, 1.82) is 0 Å². The van der Waals surface area contributed by atoms with E-state index in [1.54, 1.807) is 0 Å². The van der Waals surface area contributed by atoms with Gasteiger partial charge in [0.25, 0.3) is 0 Å². The molecule has 3 nitrogen and oxygen atoms in total. The van der Waals surface area contributed by atoms with Crippen LogP contribution in [0, 0.1) is 0 Å². The molecule has 0 bridgehead atoms. The van der Waals surface area contributed by atoms with Gasteiger partial charge in [0, 0.05) is 46.7 Å². The zero-order chi connectivity index (χ0) is 38.5. The molecule has 0 atom stereocenters. The predicted octanol–water partition coefficient (Wildman–Crippen LogP) is 14.7. The van der Waals surface area contributed by atoms with Gasteiger partial charge in [-0.05, 0) is 98.8 Å². The van der Waals surface area contributed by atoms with Crippen LogP contribution in [0.25, 0.3) is 83.5 Å². The standard InChI is InChI=1S/C53H35N3S2/c1-53(2)40(33-14-5-3-6-15-33)30-37-21-25-41-49(50(37)53)51(34-16-7-4-8-17-34)55-52(54-41)56-42-26-23-35(29-39(42)48-38-18-10-9-13-32(38)22-27-43(48)56)36-24-28-46-47(31-36)58-45-20-12-11-19-44(45)57-46/h3-31H,1-2H3. The first-order chi connectivity index (χ1) is 28.5. The van der Waals surface area contributed by atoms with Gasteiger partial charge < -0.3 is 0 Å². The Kier molecular flexibility index (Phi) is 7.44. The topological polar surface area (TPSA) is 30.7 Å². The molecule has 2 aromatic heterocycles. The molecular weight excluding hydrogens is 743 g/mol. The molecule has 0 radical (unpaired) electrons. The molecule has 0 amide bonds. The van der Waals surface area contributed by atoms with Crippen molar-refractivity contribution in [3.8, 4) is 28.3 Å². The van der Waals surface area contributed by atoms with Gasteiger partial charge in [-0.1, -0.05) is 159 Å². The van der Waals surface area contributed by atoms with Gasteiger partial charge in [0.2, 0.25) is 5.95 Å². The van der Waals surface area contributed by atoms with Crippen molar-refractivity contribution in [3.63, 3.8) is 0 Å². The highest BCUT2D eigenvalue weighted by Gasteiger charge is 2.37. The van der Waals surface area contributed by atoms with Gasteiger partial charge in [0.1, 0.15) is 0 Å². The van der Waals surface area contributed by atoms with Crippen LogP contribution in [0.3, 0.4) is 0 Å². The number of rotatable bonds is 4. The van der Waals surface area contributed by atoms with Crippen LogP contribution in [0.4, 0.5) is 0 Å². The minimum atomic E-state index is -0.260. The van der Waals surface area contributed by atoms with Crippen molar-refractivity contribution in [2.75, 3.05) is 0 Å². The lowest BCUT2D eigenvalue weighted by atomic mass is 9.76. The second kappa shape index (κ2) is 12.8. The number of hydrogen-bond donors (Lipinski definition) is 0. The average Bonchev–Trinajstić information content (AvgIpc) is 3.76. The molecule has 1 aliphatic carbocycles. The third kappa shape index (κ3) is 5.10. The molecule has 0 saturated heterocycles. The number of nitrogens with zero attached hydrogens (tertiary/aromatic N) is 3. The van der Waals surface area contributed by atoms with E-state index in [0.717, 1.165) is 33.2 Å². The van der Waals surface area contributed by atoms with Crippen LogP contribution in [0.1, 0.15) is 30.5 Å². The van der Waals surface area contributed by atoms with Crippen LogP contribution in [0.5, 0.6) is 0 Å². The summed E-state index contributed by atoms with van der Waals surface area (Å²) in [7, 11) is 0. The molecule has 58 heavy (non-hydrogen) atoms. The summed E-state index contributed by atoms with van der Waals surface area (Å²) in [4.78, 5) is 16.3. The van der Waals surface area contributed by atoms with Crippen LogP contribution in [-0.4, -0.2) is 14.5 Å². The highest BCUT2D eigenvalue weighted by Crippen LogP contribution is 2.52. The Morgan fingerprint density at radius 2 is 1.14 bits per heavy atom. The Balaban J connectivity index is 1.09. The van der Waals surface area contributed by atoms with E-state index in [2.05, 4.69) is 194 Å². The molecule has 10 aromatic rings. The van der Waals surface area contributed by atoms with Gasteiger partial charge >= 0.3 is 0 Å². The third-order valence-electron chi connectivity index (χ3n) is 12.0. The van der Waals surface area contributed by atoms with E-state index in [0.29, 0.717) is 5.95 Å². The first-order valence-corrected chi connectivity index (χ1v) is 21.4. The molecular formula is C53H35N3S2. The van der Waals surface area contributed by atoms with E-state index < -0.39 is 0 Å². The lowest BCUT2D eigenvalue weighted by Crippen LogP contribution is -2.18. The predicted molar refractivity (Wildman–Crippen MR) is 244 cm³/mol. The van der Waals surface area contributed by atoms with E-state index in [4.69, 9.17) is 9.97 Å². The molecule has 5 heteroatoms. The molecule has 0 saturated carbocycles. The van der Waals surface area contributed by atoms with E-state index in [1.807, 2.05) is 23.5 Å². The lowest BCUT2D eigenvalue weighted by Gasteiger charge is -2.27. The van der Waals surface area contributed by atoms with Crippen molar-refractivity contribution >= 4 is 78.7 Å². The number of benzene rings is 8. The molecule has 3 heterocycles. The molecule has 12 rings (SSSR count). The summed E-state index contributed by atoms with van der Waals surface area (Å²) in [5, 5.41) is 5.94. The van der Waals surface area contributed by atoms with E-state index in [9.17, 15) is 0 Å². The minimum absolute atomic E-state index is 0.260. The van der Waals surface area contributed by atoms with E-state index in [1.165, 1.54) is 74.5 Å². The molecule has 0 N–H and O–H groups in total. The van der Waals surface area contributed by atoms with Crippen LogP contribution >= 0.6 is 23.5 Å². The van der Waals surface area contributed by atoms with Crippen LogP contribution in [0.15, 0.2) is 189 Å². The monoisotopic (exact) mass is 777 g/mol. The highest BCUT2D eigenvalue weighted by atomic mass is 32.2. The maximum Gasteiger partial charge on any atom is 0.235 e. The molecule has 274 valence electrons. The Hall–Kier alpha value is -6.40. The van der Waals surface area contributed by atoms with Crippen molar-refractivity contribution < 1.29 is 0 Å². The summed E-state index contributed by atoms with van der Waals surface area (Å²) in [5.41, 5.74) is 12.3. The molecule has 0 fully saturated rings. The van der Waals surface area contributed by atoms with E-state index >= 15 is 0 Å².